The topological polar surface area (TPSA) is 51.2 Å². The first-order valence-electron chi connectivity index (χ1n) is 13.3. The minimum atomic E-state index is 0.100. The van der Waals surface area contributed by atoms with Crippen molar-refractivity contribution in [3.05, 3.63) is 53.6 Å². The molecule has 0 N–H and O–H groups in total. The zero-order valence-electron chi connectivity index (χ0n) is 20.9. The maximum atomic E-state index is 13.5. The molecule has 188 valence electrons. The SMILES string of the molecule is COc1ccc(CN(C(=O)c2ccc(N3CCOCC3)cc2)C2CC2)cc1OC1CCCCCC1. The van der Waals surface area contributed by atoms with Gasteiger partial charge in [-0.05, 0) is 80.5 Å². The monoisotopic (exact) mass is 478 g/mol. The van der Waals surface area contributed by atoms with Gasteiger partial charge in [0.25, 0.3) is 5.91 Å². The van der Waals surface area contributed by atoms with Crippen LogP contribution in [0.25, 0.3) is 0 Å². The summed E-state index contributed by atoms with van der Waals surface area (Å²) in [5.74, 6) is 1.67. The molecule has 35 heavy (non-hydrogen) atoms. The Hall–Kier alpha value is -2.73. The van der Waals surface area contributed by atoms with E-state index >= 15 is 0 Å². The van der Waals surface area contributed by atoms with Crippen LogP contribution in [-0.2, 0) is 11.3 Å². The average Bonchev–Trinajstić information content (AvgIpc) is 3.76. The van der Waals surface area contributed by atoms with Crippen molar-refractivity contribution in [3.8, 4) is 11.5 Å². The van der Waals surface area contributed by atoms with E-state index in [1.165, 1.54) is 25.7 Å². The van der Waals surface area contributed by atoms with E-state index in [0.29, 0.717) is 12.6 Å². The van der Waals surface area contributed by atoms with Crippen molar-refractivity contribution in [2.75, 3.05) is 38.3 Å². The van der Waals surface area contributed by atoms with Gasteiger partial charge < -0.3 is 24.0 Å². The molecule has 0 bridgehead atoms. The molecule has 1 aliphatic heterocycles. The molecule has 1 amide bonds. The molecule has 1 heterocycles. The van der Waals surface area contributed by atoms with Gasteiger partial charge in [0.1, 0.15) is 0 Å². The van der Waals surface area contributed by atoms with E-state index in [-0.39, 0.29) is 12.0 Å². The number of carbonyl (C=O) groups excluding carboxylic acids is 1. The maximum Gasteiger partial charge on any atom is 0.254 e. The van der Waals surface area contributed by atoms with Crippen LogP contribution in [0.5, 0.6) is 11.5 Å². The summed E-state index contributed by atoms with van der Waals surface area (Å²) in [4.78, 5) is 17.9. The Morgan fingerprint density at radius 2 is 1.66 bits per heavy atom. The first-order valence-corrected chi connectivity index (χ1v) is 13.3. The number of benzene rings is 2. The molecule has 0 atom stereocenters. The maximum absolute atomic E-state index is 13.5. The number of carbonyl (C=O) groups is 1. The molecule has 6 heteroatoms. The molecule has 2 aliphatic carbocycles. The van der Waals surface area contributed by atoms with Gasteiger partial charge in [-0.25, -0.2) is 0 Å². The van der Waals surface area contributed by atoms with E-state index in [9.17, 15) is 4.79 Å². The van der Waals surface area contributed by atoms with Crippen LogP contribution in [0.3, 0.4) is 0 Å². The lowest BCUT2D eigenvalue weighted by Crippen LogP contribution is -2.36. The van der Waals surface area contributed by atoms with Gasteiger partial charge in [-0.1, -0.05) is 18.9 Å². The van der Waals surface area contributed by atoms with Crippen molar-refractivity contribution in [2.45, 2.75) is 70.1 Å². The molecule has 0 spiro atoms. The third-order valence-electron chi connectivity index (χ3n) is 7.42. The van der Waals surface area contributed by atoms with Crippen LogP contribution in [0.15, 0.2) is 42.5 Å². The highest BCUT2D eigenvalue weighted by Crippen LogP contribution is 2.34. The van der Waals surface area contributed by atoms with Crippen LogP contribution in [0.1, 0.15) is 67.3 Å². The standard InChI is InChI=1S/C29H38N2O4/c1-33-27-15-8-22(20-28(27)35-26-6-4-2-3-5-7-26)21-31(25-13-14-25)29(32)23-9-11-24(12-10-23)30-16-18-34-19-17-30/h8-12,15,20,25-26H,2-7,13-14,16-19,21H2,1H3. The quantitative estimate of drug-likeness (QED) is 0.473. The van der Waals surface area contributed by atoms with Crippen LogP contribution in [-0.4, -0.2) is 56.4 Å². The Balaban J connectivity index is 1.29. The lowest BCUT2D eigenvalue weighted by Gasteiger charge is -2.29. The fourth-order valence-electron chi connectivity index (χ4n) is 5.20. The zero-order valence-corrected chi connectivity index (χ0v) is 20.9. The third-order valence-corrected chi connectivity index (χ3v) is 7.42. The lowest BCUT2D eigenvalue weighted by molar-refractivity contribution is 0.0729. The molecule has 0 unspecified atom stereocenters. The minimum absolute atomic E-state index is 0.100. The van der Waals surface area contributed by atoms with Gasteiger partial charge in [0, 0.05) is 36.9 Å². The van der Waals surface area contributed by atoms with Crippen LogP contribution in [0, 0.1) is 0 Å². The highest BCUT2D eigenvalue weighted by atomic mass is 16.5. The molecule has 1 saturated heterocycles. The number of nitrogens with zero attached hydrogens (tertiary/aromatic N) is 2. The van der Waals surface area contributed by atoms with E-state index < -0.39 is 0 Å². The summed E-state index contributed by atoms with van der Waals surface area (Å²) in [5, 5.41) is 0. The predicted molar refractivity (Wildman–Crippen MR) is 137 cm³/mol. The van der Waals surface area contributed by atoms with Crippen LogP contribution in [0.2, 0.25) is 0 Å². The minimum Gasteiger partial charge on any atom is -0.493 e. The molecule has 2 saturated carbocycles. The number of rotatable bonds is 8. The van der Waals surface area contributed by atoms with E-state index in [1.54, 1.807) is 7.11 Å². The summed E-state index contributed by atoms with van der Waals surface area (Å²) in [6.07, 6.45) is 9.61. The smallest absolute Gasteiger partial charge is 0.254 e. The summed E-state index contributed by atoms with van der Waals surface area (Å²) in [6, 6.07) is 14.5. The Morgan fingerprint density at radius 1 is 0.943 bits per heavy atom. The summed E-state index contributed by atoms with van der Waals surface area (Å²) in [7, 11) is 1.69. The van der Waals surface area contributed by atoms with Gasteiger partial charge in [-0.2, -0.15) is 0 Å². The molecule has 3 fully saturated rings. The fraction of sp³-hybridized carbons (Fsp3) is 0.552. The van der Waals surface area contributed by atoms with Crippen molar-refractivity contribution in [1.29, 1.82) is 0 Å². The van der Waals surface area contributed by atoms with E-state index in [0.717, 1.165) is 80.3 Å². The number of morpholine rings is 1. The van der Waals surface area contributed by atoms with Gasteiger partial charge in [0.15, 0.2) is 11.5 Å². The Kier molecular flexibility index (Phi) is 7.77. The second-order valence-corrected chi connectivity index (χ2v) is 10.0. The molecule has 6 nitrogen and oxygen atoms in total. The number of ether oxygens (including phenoxy) is 3. The zero-order chi connectivity index (χ0) is 24.0. The van der Waals surface area contributed by atoms with E-state index in [4.69, 9.17) is 14.2 Å². The molecule has 3 aliphatic rings. The second-order valence-electron chi connectivity index (χ2n) is 10.0. The number of hydrogen-bond donors (Lipinski definition) is 0. The normalized spacial score (nSPS) is 19.2. The highest BCUT2D eigenvalue weighted by Gasteiger charge is 2.33. The van der Waals surface area contributed by atoms with E-state index in [2.05, 4.69) is 29.2 Å². The van der Waals surface area contributed by atoms with Crippen LogP contribution >= 0.6 is 0 Å². The van der Waals surface area contributed by atoms with Crippen molar-refractivity contribution >= 4 is 11.6 Å². The highest BCUT2D eigenvalue weighted by molar-refractivity contribution is 5.95. The van der Waals surface area contributed by atoms with E-state index in [1.807, 2.05) is 23.1 Å². The lowest BCUT2D eigenvalue weighted by atomic mass is 10.1. The summed E-state index contributed by atoms with van der Waals surface area (Å²) < 4.78 is 17.5. The van der Waals surface area contributed by atoms with Gasteiger partial charge >= 0.3 is 0 Å². The number of hydrogen-bond acceptors (Lipinski definition) is 5. The van der Waals surface area contributed by atoms with Gasteiger partial charge in [0.05, 0.1) is 26.4 Å². The average molecular weight is 479 g/mol. The molecule has 0 radical (unpaired) electrons. The Morgan fingerprint density at radius 3 is 2.31 bits per heavy atom. The van der Waals surface area contributed by atoms with Gasteiger partial charge in [-0.15, -0.1) is 0 Å². The number of amides is 1. The predicted octanol–water partition coefficient (Wildman–Crippen LogP) is 5.44. The van der Waals surface area contributed by atoms with Crippen molar-refractivity contribution in [1.82, 2.24) is 4.90 Å². The molecule has 2 aromatic carbocycles. The van der Waals surface area contributed by atoms with Gasteiger partial charge in [0.2, 0.25) is 0 Å². The summed E-state index contributed by atoms with van der Waals surface area (Å²) >= 11 is 0. The van der Waals surface area contributed by atoms with Crippen molar-refractivity contribution < 1.29 is 19.0 Å². The largest absolute Gasteiger partial charge is 0.493 e. The molecular weight excluding hydrogens is 440 g/mol. The number of anilines is 1. The fourth-order valence-corrected chi connectivity index (χ4v) is 5.20. The Bertz CT molecular complexity index is 975. The molecule has 5 rings (SSSR count). The Labute approximate surface area is 209 Å². The third kappa shape index (κ3) is 6.10. The van der Waals surface area contributed by atoms with Crippen LogP contribution < -0.4 is 14.4 Å². The summed E-state index contributed by atoms with van der Waals surface area (Å²) in [5.41, 5.74) is 2.98. The molecule has 2 aromatic rings. The molecular formula is C29H38N2O4. The first kappa shape index (κ1) is 24.0. The molecule has 0 aromatic heterocycles. The summed E-state index contributed by atoms with van der Waals surface area (Å²) in [6.45, 7) is 3.88. The number of methoxy groups -OCH3 is 1. The van der Waals surface area contributed by atoms with Crippen molar-refractivity contribution in [2.24, 2.45) is 0 Å². The van der Waals surface area contributed by atoms with Gasteiger partial charge in [-0.3, -0.25) is 4.79 Å². The van der Waals surface area contributed by atoms with Crippen LogP contribution in [0.4, 0.5) is 5.69 Å². The van der Waals surface area contributed by atoms with Crippen molar-refractivity contribution in [3.63, 3.8) is 0 Å². The second kappa shape index (κ2) is 11.3. The first-order chi connectivity index (χ1) is 17.2.